The molecule has 0 radical (unpaired) electrons. The standard InChI is InChI=1S/C12H10F2N4/c13-12(14)10-5-4-9(7-16-10)18-6-2-1-3-11(18)17-8-15/h1-7,11-12,17H. The summed E-state index contributed by atoms with van der Waals surface area (Å²) in [5, 5.41) is 11.2. The summed E-state index contributed by atoms with van der Waals surface area (Å²) >= 11 is 0. The Morgan fingerprint density at radius 3 is 2.83 bits per heavy atom. The van der Waals surface area contributed by atoms with E-state index in [0.717, 1.165) is 0 Å². The van der Waals surface area contributed by atoms with E-state index in [0.29, 0.717) is 5.69 Å². The largest absolute Gasteiger partial charge is 0.322 e. The second kappa shape index (κ2) is 5.27. The lowest BCUT2D eigenvalue weighted by Gasteiger charge is -2.28. The van der Waals surface area contributed by atoms with Gasteiger partial charge in [0, 0.05) is 6.20 Å². The van der Waals surface area contributed by atoms with E-state index in [1.54, 1.807) is 35.4 Å². The molecule has 4 nitrogen and oxygen atoms in total. The first-order valence-corrected chi connectivity index (χ1v) is 5.24. The molecule has 1 N–H and O–H groups in total. The van der Waals surface area contributed by atoms with Crippen LogP contribution >= 0.6 is 0 Å². The summed E-state index contributed by atoms with van der Waals surface area (Å²) in [6.07, 6.45) is 7.41. The van der Waals surface area contributed by atoms with Gasteiger partial charge in [0.1, 0.15) is 11.9 Å². The van der Waals surface area contributed by atoms with Crippen LogP contribution in [0.2, 0.25) is 0 Å². The number of nitrogens with one attached hydrogen (secondary N) is 1. The molecule has 0 aromatic carbocycles. The van der Waals surface area contributed by atoms with Crippen LogP contribution in [0.25, 0.3) is 0 Å². The molecule has 0 fully saturated rings. The zero-order chi connectivity index (χ0) is 13.0. The Labute approximate surface area is 103 Å². The first-order valence-electron chi connectivity index (χ1n) is 5.24. The van der Waals surface area contributed by atoms with Gasteiger partial charge >= 0.3 is 0 Å². The number of hydrogen-bond donors (Lipinski definition) is 1. The lowest BCUT2D eigenvalue weighted by Crippen LogP contribution is -2.40. The van der Waals surface area contributed by atoms with Crippen molar-refractivity contribution in [1.29, 1.82) is 5.26 Å². The van der Waals surface area contributed by atoms with Crippen LogP contribution in [0.3, 0.4) is 0 Å². The Morgan fingerprint density at radius 2 is 2.22 bits per heavy atom. The van der Waals surface area contributed by atoms with E-state index in [4.69, 9.17) is 5.26 Å². The van der Waals surface area contributed by atoms with E-state index in [1.165, 1.54) is 12.3 Å². The van der Waals surface area contributed by atoms with E-state index in [9.17, 15) is 8.78 Å². The lowest BCUT2D eigenvalue weighted by molar-refractivity contribution is 0.146. The maximum absolute atomic E-state index is 12.4. The third-order valence-corrected chi connectivity index (χ3v) is 2.46. The maximum Gasteiger partial charge on any atom is 0.280 e. The average Bonchev–Trinajstić information content (AvgIpc) is 2.40. The van der Waals surface area contributed by atoms with E-state index >= 15 is 0 Å². The molecule has 18 heavy (non-hydrogen) atoms. The highest BCUT2D eigenvalue weighted by Gasteiger charge is 2.16. The van der Waals surface area contributed by atoms with Crippen LogP contribution < -0.4 is 10.2 Å². The Balaban J connectivity index is 2.22. The second-order valence-electron chi connectivity index (χ2n) is 3.58. The monoisotopic (exact) mass is 248 g/mol. The number of rotatable bonds is 3. The minimum Gasteiger partial charge on any atom is -0.322 e. The van der Waals surface area contributed by atoms with E-state index in [1.807, 2.05) is 6.19 Å². The van der Waals surface area contributed by atoms with Gasteiger partial charge in [-0.1, -0.05) is 6.08 Å². The predicted octanol–water partition coefficient (Wildman–Crippen LogP) is 2.31. The van der Waals surface area contributed by atoms with Crippen LogP contribution in [-0.2, 0) is 0 Å². The molecule has 1 aromatic heterocycles. The zero-order valence-electron chi connectivity index (χ0n) is 9.29. The Bertz CT molecular complexity index is 502. The molecule has 0 spiro atoms. The highest BCUT2D eigenvalue weighted by molar-refractivity contribution is 5.51. The molecule has 0 aliphatic carbocycles. The number of anilines is 1. The molecule has 1 aliphatic rings. The minimum atomic E-state index is -2.58. The van der Waals surface area contributed by atoms with Crippen LogP contribution in [0, 0.1) is 11.5 Å². The number of nitrogens with zero attached hydrogens (tertiary/aromatic N) is 3. The van der Waals surface area contributed by atoms with E-state index < -0.39 is 6.43 Å². The summed E-state index contributed by atoms with van der Waals surface area (Å²) in [6, 6.07) is 2.82. The molecule has 0 bridgehead atoms. The summed E-state index contributed by atoms with van der Waals surface area (Å²) in [7, 11) is 0. The fourth-order valence-electron chi connectivity index (χ4n) is 1.61. The van der Waals surface area contributed by atoms with Crippen molar-refractivity contribution in [1.82, 2.24) is 10.3 Å². The third-order valence-electron chi connectivity index (χ3n) is 2.46. The van der Waals surface area contributed by atoms with Gasteiger partial charge in [0.15, 0.2) is 6.19 Å². The lowest BCUT2D eigenvalue weighted by atomic mass is 10.2. The van der Waals surface area contributed by atoms with Crippen LogP contribution in [0.15, 0.2) is 42.8 Å². The number of pyridine rings is 1. The smallest absolute Gasteiger partial charge is 0.280 e. The molecule has 1 aliphatic heterocycles. The Hall–Kier alpha value is -2.42. The van der Waals surface area contributed by atoms with Gasteiger partial charge in [-0.2, -0.15) is 5.26 Å². The average molecular weight is 248 g/mol. The molecule has 2 heterocycles. The van der Waals surface area contributed by atoms with Gasteiger partial charge in [0.2, 0.25) is 0 Å². The fraction of sp³-hybridized carbons (Fsp3) is 0.167. The maximum atomic E-state index is 12.4. The molecule has 6 heteroatoms. The van der Waals surface area contributed by atoms with Gasteiger partial charge in [0.25, 0.3) is 6.43 Å². The zero-order valence-corrected chi connectivity index (χ0v) is 9.29. The molecular formula is C12H10F2N4. The van der Waals surface area contributed by atoms with Crippen molar-refractivity contribution < 1.29 is 8.78 Å². The van der Waals surface area contributed by atoms with Crippen molar-refractivity contribution >= 4 is 5.69 Å². The fourth-order valence-corrected chi connectivity index (χ4v) is 1.61. The molecule has 1 atom stereocenters. The Kier molecular flexibility index (Phi) is 3.53. The molecule has 0 amide bonds. The van der Waals surface area contributed by atoms with Crippen molar-refractivity contribution in [3.8, 4) is 6.19 Å². The SMILES string of the molecule is N#CNC1C=CC=CN1c1ccc(C(F)F)nc1. The van der Waals surface area contributed by atoms with Crippen LogP contribution in [0.5, 0.6) is 0 Å². The molecule has 1 unspecified atom stereocenters. The van der Waals surface area contributed by atoms with Crippen molar-refractivity contribution in [3.05, 3.63) is 48.5 Å². The third kappa shape index (κ3) is 2.46. The van der Waals surface area contributed by atoms with Crippen LogP contribution in [-0.4, -0.2) is 11.1 Å². The first-order chi connectivity index (χ1) is 8.72. The number of nitriles is 1. The van der Waals surface area contributed by atoms with Gasteiger partial charge in [-0.3, -0.25) is 10.3 Å². The number of hydrogen-bond acceptors (Lipinski definition) is 4. The highest BCUT2D eigenvalue weighted by atomic mass is 19.3. The van der Waals surface area contributed by atoms with Crippen molar-refractivity contribution in [3.63, 3.8) is 0 Å². The number of aromatic nitrogens is 1. The van der Waals surface area contributed by atoms with Crippen LogP contribution in [0.4, 0.5) is 14.5 Å². The summed E-state index contributed by atoms with van der Waals surface area (Å²) in [6.45, 7) is 0. The summed E-state index contributed by atoms with van der Waals surface area (Å²) in [5.41, 5.74) is 0.368. The van der Waals surface area contributed by atoms with Crippen molar-refractivity contribution in [2.45, 2.75) is 12.6 Å². The van der Waals surface area contributed by atoms with E-state index in [2.05, 4.69) is 10.3 Å². The topological polar surface area (TPSA) is 52.0 Å². The predicted molar refractivity (Wildman–Crippen MR) is 62.5 cm³/mol. The van der Waals surface area contributed by atoms with Crippen LogP contribution in [0.1, 0.15) is 12.1 Å². The molecule has 1 aromatic rings. The van der Waals surface area contributed by atoms with Gasteiger partial charge in [-0.25, -0.2) is 8.78 Å². The first kappa shape index (κ1) is 12.0. The Morgan fingerprint density at radius 1 is 1.39 bits per heavy atom. The summed E-state index contributed by atoms with van der Waals surface area (Å²) in [4.78, 5) is 5.42. The van der Waals surface area contributed by atoms with Crippen molar-refractivity contribution in [2.24, 2.45) is 0 Å². The number of alkyl halides is 2. The van der Waals surface area contributed by atoms with Crippen molar-refractivity contribution in [2.75, 3.05) is 4.90 Å². The molecular weight excluding hydrogens is 238 g/mol. The number of halogens is 2. The van der Waals surface area contributed by atoms with E-state index in [-0.39, 0.29) is 11.9 Å². The van der Waals surface area contributed by atoms with Gasteiger partial charge in [-0.15, -0.1) is 0 Å². The second-order valence-corrected chi connectivity index (χ2v) is 3.58. The van der Waals surface area contributed by atoms with Gasteiger partial charge < -0.3 is 4.90 Å². The molecule has 0 saturated heterocycles. The molecule has 92 valence electrons. The number of allylic oxidation sites excluding steroid dienone is 2. The quantitative estimate of drug-likeness (QED) is 0.658. The van der Waals surface area contributed by atoms with Gasteiger partial charge in [0.05, 0.1) is 11.9 Å². The summed E-state index contributed by atoms with van der Waals surface area (Å²) in [5.74, 6) is 0. The van der Waals surface area contributed by atoms with Gasteiger partial charge in [-0.05, 0) is 24.3 Å². The normalized spacial score (nSPS) is 17.9. The summed E-state index contributed by atoms with van der Waals surface area (Å²) < 4.78 is 24.8. The minimum absolute atomic E-state index is 0.264. The highest BCUT2D eigenvalue weighted by Crippen LogP contribution is 2.22. The molecule has 0 saturated carbocycles. The molecule has 2 rings (SSSR count).